The second-order valence-corrected chi connectivity index (χ2v) is 7.50. The highest BCUT2D eigenvalue weighted by Gasteiger charge is 2.22. The topological polar surface area (TPSA) is 49.4 Å². The van der Waals surface area contributed by atoms with E-state index < -0.39 is 0 Å². The number of carbonyl (C=O) groups excluding carboxylic acids is 2. The third-order valence-corrected chi connectivity index (χ3v) is 4.42. The van der Waals surface area contributed by atoms with Crippen molar-refractivity contribution in [1.29, 1.82) is 0 Å². The fourth-order valence-corrected chi connectivity index (χ4v) is 2.97. The molecule has 1 N–H and O–H groups in total. The number of nitrogens with zero attached hydrogens (tertiary/aromatic N) is 1. The summed E-state index contributed by atoms with van der Waals surface area (Å²) in [5.41, 5.74) is 2.42. The number of rotatable bonds is 3. The predicted molar refractivity (Wildman–Crippen MR) is 92.3 cm³/mol. The minimum atomic E-state index is 0.0314. The van der Waals surface area contributed by atoms with E-state index >= 15 is 0 Å². The molecule has 2 rings (SSSR count). The number of amides is 2. The fourth-order valence-electron chi connectivity index (χ4n) is 2.97. The standard InChI is InChI=1S/C19H28N2O2/c1-14(22)21-11-5-6-17(13-21)20-18(23)12-15-7-9-16(10-8-15)19(2,3)4/h7-10,17H,5-6,11-13H2,1-4H3,(H,20,23). The molecule has 126 valence electrons. The van der Waals surface area contributed by atoms with E-state index in [0.717, 1.165) is 24.9 Å². The summed E-state index contributed by atoms with van der Waals surface area (Å²) in [6, 6.07) is 8.33. The van der Waals surface area contributed by atoms with E-state index in [0.29, 0.717) is 13.0 Å². The molecule has 2 amide bonds. The summed E-state index contributed by atoms with van der Waals surface area (Å²) in [4.78, 5) is 25.5. The summed E-state index contributed by atoms with van der Waals surface area (Å²) >= 11 is 0. The second-order valence-electron chi connectivity index (χ2n) is 7.50. The van der Waals surface area contributed by atoms with Gasteiger partial charge in [-0.15, -0.1) is 0 Å². The summed E-state index contributed by atoms with van der Waals surface area (Å²) in [6.07, 6.45) is 2.28. The smallest absolute Gasteiger partial charge is 0.224 e. The first-order chi connectivity index (χ1) is 10.8. The molecule has 1 aromatic carbocycles. The Morgan fingerprint density at radius 3 is 2.43 bits per heavy atom. The van der Waals surface area contributed by atoms with Gasteiger partial charge in [-0.2, -0.15) is 0 Å². The van der Waals surface area contributed by atoms with Gasteiger partial charge in [0.15, 0.2) is 0 Å². The van der Waals surface area contributed by atoms with E-state index in [-0.39, 0.29) is 23.3 Å². The normalized spacial score (nSPS) is 18.6. The van der Waals surface area contributed by atoms with Crippen molar-refractivity contribution in [3.8, 4) is 0 Å². The number of hydrogen-bond donors (Lipinski definition) is 1. The van der Waals surface area contributed by atoms with Crippen LogP contribution in [0.5, 0.6) is 0 Å². The Labute approximate surface area is 139 Å². The maximum Gasteiger partial charge on any atom is 0.224 e. The first-order valence-electron chi connectivity index (χ1n) is 8.40. The molecule has 1 saturated heterocycles. The number of benzene rings is 1. The van der Waals surface area contributed by atoms with Gasteiger partial charge < -0.3 is 10.2 Å². The van der Waals surface area contributed by atoms with Gasteiger partial charge >= 0.3 is 0 Å². The van der Waals surface area contributed by atoms with Crippen molar-refractivity contribution < 1.29 is 9.59 Å². The van der Waals surface area contributed by atoms with Crippen molar-refractivity contribution in [2.24, 2.45) is 0 Å². The molecule has 0 aliphatic carbocycles. The largest absolute Gasteiger partial charge is 0.351 e. The third kappa shape index (κ3) is 5.08. The molecule has 1 aliphatic heterocycles. The highest BCUT2D eigenvalue weighted by atomic mass is 16.2. The van der Waals surface area contributed by atoms with Gasteiger partial charge in [-0.05, 0) is 29.4 Å². The molecule has 1 aromatic rings. The Kier molecular flexibility index (Phi) is 5.45. The Hall–Kier alpha value is -1.84. The SMILES string of the molecule is CC(=O)N1CCCC(NC(=O)Cc2ccc(C(C)(C)C)cc2)C1. The van der Waals surface area contributed by atoms with Crippen LogP contribution in [-0.2, 0) is 21.4 Å². The number of piperidine rings is 1. The van der Waals surface area contributed by atoms with Gasteiger partial charge in [0.1, 0.15) is 0 Å². The molecule has 1 aliphatic rings. The number of nitrogens with one attached hydrogen (secondary N) is 1. The Morgan fingerprint density at radius 1 is 1.22 bits per heavy atom. The van der Waals surface area contributed by atoms with Gasteiger partial charge in [-0.25, -0.2) is 0 Å². The van der Waals surface area contributed by atoms with Crippen LogP contribution in [0.3, 0.4) is 0 Å². The van der Waals surface area contributed by atoms with Crippen LogP contribution < -0.4 is 5.32 Å². The lowest BCUT2D eigenvalue weighted by Crippen LogP contribution is -2.49. The molecule has 0 saturated carbocycles. The van der Waals surface area contributed by atoms with Crippen LogP contribution in [0.2, 0.25) is 0 Å². The second kappa shape index (κ2) is 7.16. The van der Waals surface area contributed by atoms with Crippen molar-refractivity contribution in [3.05, 3.63) is 35.4 Å². The van der Waals surface area contributed by atoms with Crippen LogP contribution in [0.15, 0.2) is 24.3 Å². The van der Waals surface area contributed by atoms with E-state index in [2.05, 4.69) is 38.2 Å². The first-order valence-corrected chi connectivity index (χ1v) is 8.40. The van der Waals surface area contributed by atoms with Crippen molar-refractivity contribution in [2.45, 2.75) is 58.4 Å². The zero-order chi connectivity index (χ0) is 17.0. The highest BCUT2D eigenvalue weighted by molar-refractivity contribution is 5.79. The third-order valence-electron chi connectivity index (χ3n) is 4.42. The molecule has 0 aromatic heterocycles. The molecule has 0 bridgehead atoms. The van der Waals surface area contributed by atoms with Crippen molar-refractivity contribution in [3.63, 3.8) is 0 Å². The lowest BCUT2D eigenvalue weighted by molar-refractivity contribution is -0.131. The average Bonchev–Trinajstić information content (AvgIpc) is 2.47. The van der Waals surface area contributed by atoms with Gasteiger partial charge in [-0.3, -0.25) is 9.59 Å². The van der Waals surface area contributed by atoms with Gasteiger partial charge in [0.25, 0.3) is 0 Å². The maximum absolute atomic E-state index is 12.2. The molecular weight excluding hydrogens is 288 g/mol. The van der Waals surface area contributed by atoms with E-state index in [1.54, 1.807) is 6.92 Å². The highest BCUT2D eigenvalue weighted by Crippen LogP contribution is 2.22. The van der Waals surface area contributed by atoms with Crippen molar-refractivity contribution in [1.82, 2.24) is 10.2 Å². The summed E-state index contributed by atoms with van der Waals surface area (Å²) in [6.45, 7) is 9.55. The van der Waals surface area contributed by atoms with E-state index in [9.17, 15) is 9.59 Å². The monoisotopic (exact) mass is 316 g/mol. The van der Waals surface area contributed by atoms with E-state index in [1.165, 1.54) is 5.56 Å². The van der Waals surface area contributed by atoms with Gasteiger partial charge in [0.05, 0.1) is 6.42 Å². The quantitative estimate of drug-likeness (QED) is 0.932. The molecular formula is C19H28N2O2. The van der Waals surface area contributed by atoms with E-state index in [1.807, 2.05) is 17.0 Å². The molecule has 1 fully saturated rings. The van der Waals surface area contributed by atoms with Crippen LogP contribution in [0.25, 0.3) is 0 Å². The minimum absolute atomic E-state index is 0.0314. The van der Waals surface area contributed by atoms with Gasteiger partial charge in [0.2, 0.25) is 11.8 Å². The molecule has 4 heteroatoms. The molecule has 1 atom stereocenters. The Morgan fingerprint density at radius 2 is 1.87 bits per heavy atom. The zero-order valence-corrected chi connectivity index (χ0v) is 14.7. The van der Waals surface area contributed by atoms with Crippen molar-refractivity contribution >= 4 is 11.8 Å². The average molecular weight is 316 g/mol. The summed E-state index contributed by atoms with van der Waals surface area (Å²) in [7, 11) is 0. The van der Waals surface area contributed by atoms with Gasteiger partial charge in [0, 0.05) is 26.1 Å². The van der Waals surface area contributed by atoms with Crippen LogP contribution in [0.4, 0.5) is 0 Å². The minimum Gasteiger partial charge on any atom is -0.351 e. The Balaban J connectivity index is 1.88. The number of carbonyl (C=O) groups is 2. The summed E-state index contributed by atoms with van der Waals surface area (Å²) in [5, 5.41) is 3.06. The maximum atomic E-state index is 12.2. The summed E-state index contributed by atoms with van der Waals surface area (Å²) < 4.78 is 0. The molecule has 1 unspecified atom stereocenters. The fraction of sp³-hybridized carbons (Fsp3) is 0.579. The zero-order valence-electron chi connectivity index (χ0n) is 14.7. The molecule has 0 spiro atoms. The van der Waals surface area contributed by atoms with Crippen LogP contribution in [-0.4, -0.2) is 35.8 Å². The first kappa shape index (κ1) is 17.5. The molecule has 23 heavy (non-hydrogen) atoms. The van der Waals surface area contributed by atoms with Crippen LogP contribution >= 0.6 is 0 Å². The van der Waals surface area contributed by atoms with Gasteiger partial charge in [-0.1, -0.05) is 45.0 Å². The lowest BCUT2D eigenvalue weighted by Gasteiger charge is -2.32. The molecule has 4 nitrogen and oxygen atoms in total. The lowest BCUT2D eigenvalue weighted by atomic mass is 9.86. The van der Waals surface area contributed by atoms with E-state index in [4.69, 9.17) is 0 Å². The number of likely N-dealkylation sites (tertiary alicyclic amines) is 1. The Bertz CT molecular complexity index is 558. The predicted octanol–water partition coefficient (Wildman–Crippen LogP) is 2.65. The van der Waals surface area contributed by atoms with Crippen molar-refractivity contribution in [2.75, 3.05) is 13.1 Å². The molecule has 0 radical (unpaired) electrons. The van der Waals surface area contributed by atoms with Crippen LogP contribution in [0.1, 0.15) is 51.7 Å². The van der Waals surface area contributed by atoms with Crippen LogP contribution in [0, 0.1) is 0 Å². The number of hydrogen-bond acceptors (Lipinski definition) is 2. The molecule has 1 heterocycles. The summed E-state index contributed by atoms with van der Waals surface area (Å²) in [5.74, 6) is 0.116.